The van der Waals surface area contributed by atoms with Gasteiger partial charge in [0.15, 0.2) is 9.97 Å². The van der Waals surface area contributed by atoms with E-state index in [1.54, 1.807) is 6.07 Å². The molecule has 0 bridgehead atoms. The number of carbonyl (C=O) groups is 1. The smallest absolute Gasteiger partial charge is 0.257 e. The van der Waals surface area contributed by atoms with Crippen LogP contribution in [-0.2, 0) is 4.79 Å². The Morgan fingerprint density at radius 2 is 1.88 bits per heavy atom. The quantitative estimate of drug-likeness (QED) is 0.556. The number of alkyl halides is 2. The van der Waals surface area contributed by atoms with Crippen molar-refractivity contribution >= 4 is 57.0 Å². The van der Waals surface area contributed by atoms with E-state index < -0.39 is 10.7 Å². The number of benzene rings is 2. The number of aryl methyl sites for hydroxylation is 1. The van der Waals surface area contributed by atoms with Crippen LogP contribution in [0, 0.1) is 6.92 Å². The molecule has 1 amide bonds. The van der Waals surface area contributed by atoms with Crippen LogP contribution in [0.3, 0.4) is 0 Å². The van der Waals surface area contributed by atoms with E-state index in [9.17, 15) is 4.79 Å². The van der Waals surface area contributed by atoms with Gasteiger partial charge in [0.1, 0.15) is 0 Å². The molecule has 3 aromatic rings. The molecule has 2 aromatic carbocycles. The third-order valence-corrected chi connectivity index (χ3v) is 4.55. The lowest BCUT2D eigenvalue weighted by Gasteiger charge is -2.07. The maximum atomic E-state index is 11.6. The van der Waals surface area contributed by atoms with Crippen LogP contribution in [0.1, 0.15) is 5.56 Å². The van der Waals surface area contributed by atoms with Crippen LogP contribution in [-0.4, -0.2) is 15.7 Å². The molecule has 4 nitrogen and oxygen atoms in total. The molecule has 0 spiro atoms. The molecule has 0 radical (unpaired) electrons. The average molecular weight is 392 g/mol. The molecule has 0 unspecified atom stereocenters. The van der Waals surface area contributed by atoms with E-state index in [4.69, 9.17) is 23.2 Å². The first-order valence-corrected chi connectivity index (χ1v) is 9.25. The number of hydrogen-bond acceptors (Lipinski definition) is 4. The number of aromatic nitrogens is 1. The van der Waals surface area contributed by atoms with Gasteiger partial charge in [-0.05, 0) is 36.8 Å². The van der Waals surface area contributed by atoms with Gasteiger partial charge in [-0.2, -0.15) is 0 Å². The fourth-order valence-electron chi connectivity index (χ4n) is 2.26. The Bertz CT molecular complexity index is 895. The minimum Gasteiger partial charge on any atom is -0.332 e. The Labute approximate surface area is 159 Å². The second-order valence-electron chi connectivity index (χ2n) is 5.40. The Morgan fingerprint density at radius 1 is 1.12 bits per heavy atom. The van der Waals surface area contributed by atoms with Gasteiger partial charge in [-0.3, -0.25) is 4.79 Å². The van der Waals surface area contributed by atoms with Gasteiger partial charge in [0.25, 0.3) is 5.91 Å². The summed E-state index contributed by atoms with van der Waals surface area (Å²) in [7, 11) is 0. The second-order valence-corrected chi connectivity index (χ2v) is 7.36. The molecule has 0 aliphatic rings. The predicted octanol–water partition coefficient (Wildman–Crippen LogP) is 5.60. The highest BCUT2D eigenvalue weighted by molar-refractivity contribution is 7.14. The van der Waals surface area contributed by atoms with Crippen molar-refractivity contribution in [3.63, 3.8) is 0 Å². The van der Waals surface area contributed by atoms with Gasteiger partial charge in [-0.1, -0.05) is 47.5 Å². The van der Waals surface area contributed by atoms with Gasteiger partial charge in [0, 0.05) is 22.3 Å². The average Bonchev–Trinajstić information content (AvgIpc) is 3.03. The molecule has 128 valence electrons. The molecule has 0 saturated carbocycles. The van der Waals surface area contributed by atoms with E-state index in [-0.39, 0.29) is 0 Å². The first kappa shape index (κ1) is 17.7. The van der Waals surface area contributed by atoms with E-state index in [2.05, 4.69) is 21.7 Å². The number of halogens is 2. The molecule has 0 fully saturated rings. The lowest BCUT2D eigenvalue weighted by Crippen LogP contribution is -2.18. The Hall–Kier alpha value is -2.08. The summed E-state index contributed by atoms with van der Waals surface area (Å²) in [5, 5.41) is 8.73. The van der Waals surface area contributed by atoms with Crippen molar-refractivity contribution < 1.29 is 4.79 Å². The second kappa shape index (κ2) is 7.87. The summed E-state index contributed by atoms with van der Waals surface area (Å²) in [5.74, 6) is -0.458. The van der Waals surface area contributed by atoms with Gasteiger partial charge in [0.2, 0.25) is 0 Å². The Morgan fingerprint density at radius 3 is 2.64 bits per heavy atom. The highest BCUT2D eigenvalue weighted by Gasteiger charge is 2.12. The molecule has 1 aromatic heterocycles. The number of hydrogen-bond donors (Lipinski definition) is 2. The fraction of sp³-hybridized carbons (Fsp3) is 0.111. The summed E-state index contributed by atoms with van der Waals surface area (Å²) >= 11 is 12.6. The molecule has 7 heteroatoms. The number of thiazole rings is 1. The number of amides is 1. The molecular weight excluding hydrogens is 377 g/mol. The highest BCUT2D eigenvalue weighted by Crippen LogP contribution is 2.29. The van der Waals surface area contributed by atoms with Crippen molar-refractivity contribution in [1.29, 1.82) is 0 Å². The molecular formula is C18H15Cl2N3OS. The van der Waals surface area contributed by atoms with Crippen LogP contribution in [0.2, 0.25) is 0 Å². The molecule has 2 N–H and O–H groups in total. The molecule has 0 aliphatic heterocycles. The van der Waals surface area contributed by atoms with Gasteiger partial charge in [-0.25, -0.2) is 4.98 Å². The summed E-state index contributed by atoms with van der Waals surface area (Å²) < 4.78 is 0. The van der Waals surface area contributed by atoms with E-state index in [0.29, 0.717) is 5.69 Å². The van der Waals surface area contributed by atoms with Crippen molar-refractivity contribution in [2.75, 3.05) is 10.6 Å². The Balaban J connectivity index is 1.77. The minimum atomic E-state index is -1.10. The van der Waals surface area contributed by atoms with Crippen LogP contribution >= 0.6 is 34.5 Å². The van der Waals surface area contributed by atoms with Crippen molar-refractivity contribution in [1.82, 2.24) is 4.98 Å². The molecule has 0 saturated heterocycles. The third-order valence-electron chi connectivity index (χ3n) is 3.40. The van der Waals surface area contributed by atoms with E-state index in [1.165, 1.54) is 16.9 Å². The topological polar surface area (TPSA) is 54.0 Å². The summed E-state index contributed by atoms with van der Waals surface area (Å²) in [6.07, 6.45) is 0. The maximum Gasteiger partial charge on any atom is 0.257 e. The normalized spacial score (nSPS) is 10.7. The largest absolute Gasteiger partial charge is 0.332 e. The van der Waals surface area contributed by atoms with Gasteiger partial charge >= 0.3 is 0 Å². The van der Waals surface area contributed by atoms with Gasteiger partial charge < -0.3 is 10.6 Å². The van der Waals surface area contributed by atoms with Crippen LogP contribution in [0.25, 0.3) is 11.3 Å². The van der Waals surface area contributed by atoms with Crippen molar-refractivity contribution in [2.24, 2.45) is 0 Å². The lowest BCUT2D eigenvalue weighted by atomic mass is 10.1. The standard InChI is InChI=1S/C18H15Cl2N3OS/c1-11-4-2-6-13(8-11)22-18-23-15(10-25-18)12-5-3-7-14(9-12)21-17(24)16(19)20/h2-10,16H,1H3,(H,21,24)(H,22,23). The molecule has 0 atom stereocenters. The monoisotopic (exact) mass is 391 g/mol. The van der Waals surface area contributed by atoms with Crippen molar-refractivity contribution in [2.45, 2.75) is 11.8 Å². The lowest BCUT2D eigenvalue weighted by molar-refractivity contribution is -0.114. The molecule has 3 rings (SSSR count). The van der Waals surface area contributed by atoms with Crippen LogP contribution < -0.4 is 10.6 Å². The molecule has 25 heavy (non-hydrogen) atoms. The number of anilines is 3. The molecule has 1 heterocycles. The first-order chi connectivity index (χ1) is 12.0. The predicted molar refractivity (Wildman–Crippen MR) is 106 cm³/mol. The van der Waals surface area contributed by atoms with E-state index in [0.717, 1.165) is 22.1 Å². The zero-order valence-corrected chi connectivity index (χ0v) is 15.6. The minimum absolute atomic E-state index is 0.458. The SMILES string of the molecule is Cc1cccc(Nc2nc(-c3cccc(NC(=O)C(Cl)Cl)c3)cs2)c1. The molecule has 0 aliphatic carbocycles. The fourth-order valence-corrected chi connectivity index (χ4v) is 3.11. The summed E-state index contributed by atoms with van der Waals surface area (Å²) in [6.45, 7) is 2.05. The first-order valence-electron chi connectivity index (χ1n) is 7.50. The number of rotatable bonds is 5. The van der Waals surface area contributed by atoms with E-state index >= 15 is 0 Å². The summed E-state index contributed by atoms with van der Waals surface area (Å²) in [5.41, 5.74) is 4.52. The van der Waals surface area contributed by atoms with Crippen molar-refractivity contribution in [3.8, 4) is 11.3 Å². The summed E-state index contributed by atoms with van der Waals surface area (Å²) in [6, 6.07) is 15.5. The van der Waals surface area contributed by atoms with Gasteiger partial charge in [-0.15, -0.1) is 11.3 Å². The zero-order chi connectivity index (χ0) is 17.8. The Kier molecular flexibility index (Phi) is 5.58. The van der Waals surface area contributed by atoms with Crippen molar-refractivity contribution in [3.05, 3.63) is 59.5 Å². The summed E-state index contributed by atoms with van der Waals surface area (Å²) in [4.78, 5) is 15.1. The van der Waals surface area contributed by atoms with E-state index in [1.807, 2.05) is 48.7 Å². The van der Waals surface area contributed by atoms with Crippen LogP contribution in [0.15, 0.2) is 53.9 Å². The maximum absolute atomic E-state index is 11.6. The number of nitrogens with zero attached hydrogens (tertiary/aromatic N) is 1. The number of carbonyl (C=O) groups excluding carboxylic acids is 1. The zero-order valence-electron chi connectivity index (χ0n) is 13.3. The number of nitrogens with one attached hydrogen (secondary N) is 2. The highest BCUT2D eigenvalue weighted by atomic mass is 35.5. The van der Waals surface area contributed by atoms with Crippen LogP contribution in [0.5, 0.6) is 0 Å². The van der Waals surface area contributed by atoms with Gasteiger partial charge in [0.05, 0.1) is 5.69 Å². The van der Waals surface area contributed by atoms with Crippen LogP contribution in [0.4, 0.5) is 16.5 Å². The third kappa shape index (κ3) is 4.72.